The van der Waals surface area contributed by atoms with Gasteiger partial charge in [-0.2, -0.15) is 8.42 Å². The maximum atomic E-state index is 11.0. The van der Waals surface area contributed by atoms with Gasteiger partial charge >= 0.3 is 0 Å². The van der Waals surface area contributed by atoms with Gasteiger partial charge in [-0.3, -0.25) is 4.55 Å². The number of anilines is 2. The zero-order valence-corrected chi connectivity index (χ0v) is 9.40. The molecule has 0 bridgehead atoms. The van der Waals surface area contributed by atoms with Gasteiger partial charge in [0, 0.05) is 28.2 Å². The van der Waals surface area contributed by atoms with Crippen molar-refractivity contribution in [2.24, 2.45) is 0 Å². The minimum atomic E-state index is -4.40. The van der Waals surface area contributed by atoms with Crippen LogP contribution >= 0.6 is 0 Å². The zero-order chi connectivity index (χ0) is 12.8. The summed E-state index contributed by atoms with van der Waals surface area (Å²) in [7, 11) is -4.40. The Morgan fingerprint density at radius 3 is 2.24 bits per heavy atom. The summed E-state index contributed by atoms with van der Waals surface area (Å²) < 4.78 is 30.9. The molecule has 0 aliphatic heterocycles. The average molecular weight is 254 g/mol. The molecule has 0 fully saturated rings. The van der Waals surface area contributed by atoms with Gasteiger partial charge in [0.1, 0.15) is 5.75 Å². The van der Waals surface area contributed by atoms with E-state index in [1.165, 1.54) is 12.1 Å². The molecule has 2 rings (SSSR count). The lowest BCUT2D eigenvalue weighted by molar-refractivity contribution is 0.471. The molecule has 0 spiro atoms. The van der Waals surface area contributed by atoms with Gasteiger partial charge in [0.2, 0.25) is 0 Å². The normalized spacial score (nSPS) is 11.8. The molecule has 0 saturated heterocycles. The van der Waals surface area contributed by atoms with Gasteiger partial charge in [0.15, 0.2) is 0 Å². The summed E-state index contributed by atoms with van der Waals surface area (Å²) in [6.07, 6.45) is 0. The van der Waals surface area contributed by atoms with Gasteiger partial charge in [0.05, 0.1) is 4.90 Å². The third-order valence-electron chi connectivity index (χ3n) is 2.43. The van der Waals surface area contributed by atoms with Crippen LogP contribution in [0.3, 0.4) is 0 Å². The molecule has 0 aliphatic carbocycles. The molecule has 7 heteroatoms. The van der Waals surface area contributed by atoms with Crippen LogP contribution in [-0.4, -0.2) is 18.1 Å². The maximum absolute atomic E-state index is 11.0. The third-order valence-corrected chi connectivity index (χ3v) is 3.26. The highest BCUT2D eigenvalue weighted by molar-refractivity contribution is 7.85. The van der Waals surface area contributed by atoms with Crippen LogP contribution in [0.25, 0.3) is 10.8 Å². The minimum absolute atomic E-state index is 0.259. The number of phenols is 1. The molecule has 2 aromatic rings. The number of hydrogen-bond acceptors (Lipinski definition) is 5. The van der Waals surface area contributed by atoms with Crippen LogP contribution in [0.1, 0.15) is 0 Å². The summed E-state index contributed by atoms with van der Waals surface area (Å²) in [4.78, 5) is -0.431. The van der Waals surface area contributed by atoms with Crippen molar-refractivity contribution in [1.29, 1.82) is 0 Å². The summed E-state index contributed by atoms with van der Waals surface area (Å²) in [5, 5.41) is 10.2. The molecule has 6 N–H and O–H groups in total. The Morgan fingerprint density at radius 1 is 1.06 bits per heavy atom. The Labute approximate surface area is 97.2 Å². The molecule has 0 amide bonds. The van der Waals surface area contributed by atoms with Gasteiger partial charge in [-0.1, -0.05) is 0 Å². The summed E-state index contributed by atoms with van der Waals surface area (Å²) in [5.41, 5.74) is 11.9. The first-order chi connectivity index (χ1) is 7.80. The second-order valence-electron chi connectivity index (χ2n) is 3.58. The molecular formula is C10H10N2O4S. The van der Waals surface area contributed by atoms with Crippen molar-refractivity contribution in [3.8, 4) is 5.75 Å². The van der Waals surface area contributed by atoms with Crippen LogP contribution < -0.4 is 11.5 Å². The van der Waals surface area contributed by atoms with Crippen LogP contribution in [-0.2, 0) is 10.1 Å². The summed E-state index contributed by atoms with van der Waals surface area (Å²) in [5.74, 6) is -0.347. The van der Waals surface area contributed by atoms with Crippen LogP contribution in [0.2, 0.25) is 0 Å². The van der Waals surface area contributed by atoms with Crippen molar-refractivity contribution in [3.63, 3.8) is 0 Å². The molecule has 17 heavy (non-hydrogen) atoms. The SMILES string of the molecule is Nc1ccc(N)c2c(O)cc(S(=O)(=O)O)cc12. The number of phenolic OH excluding ortho intramolecular Hbond substituents is 1. The Hall–Kier alpha value is -1.99. The van der Waals surface area contributed by atoms with E-state index in [1.807, 2.05) is 0 Å². The van der Waals surface area contributed by atoms with E-state index in [4.69, 9.17) is 16.0 Å². The maximum Gasteiger partial charge on any atom is 0.294 e. The molecule has 0 aliphatic rings. The van der Waals surface area contributed by atoms with E-state index in [2.05, 4.69) is 0 Å². The first kappa shape index (κ1) is 11.5. The van der Waals surface area contributed by atoms with E-state index < -0.39 is 15.0 Å². The van der Waals surface area contributed by atoms with Gasteiger partial charge in [0.25, 0.3) is 10.1 Å². The molecule has 0 saturated carbocycles. The standard InChI is InChI=1S/C10H10N2O4S/c11-7-1-2-8(12)10-6(7)3-5(4-9(10)13)17(14,15)16/h1-4,13H,11-12H2,(H,14,15,16). The quantitative estimate of drug-likeness (QED) is 0.443. The Morgan fingerprint density at radius 2 is 1.65 bits per heavy atom. The van der Waals surface area contributed by atoms with Crippen LogP contribution in [0.15, 0.2) is 29.2 Å². The fourth-order valence-electron chi connectivity index (χ4n) is 1.63. The highest BCUT2D eigenvalue weighted by Gasteiger charge is 2.15. The Kier molecular flexibility index (Phi) is 2.37. The number of hydrogen-bond donors (Lipinski definition) is 4. The van der Waals surface area contributed by atoms with Crippen molar-refractivity contribution in [3.05, 3.63) is 24.3 Å². The number of nitrogens with two attached hydrogens (primary N) is 2. The number of nitrogen functional groups attached to an aromatic ring is 2. The van der Waals surface area contributed by atoms with Crippen molar-refractivity contribution in [2.45, 2.75) is 4.90 Å². The average Bonchev–Trinajstić information content (AvgIpc) is 2.21. The zero-order valence-electron chi connectivity index (χ0n) is 8.58. The first-order valence-electron chi connectivity index (χ1n) is 4.59. The van der Waals surface area contributed by atoms with Crippen molar-refractivity contribution in [1.82, 2.24) is 0 Å². The smallest absolute Gasteiger partial charge is 0.294 e. The lowest BCUT2D eigenvalue weighted by Gasteiger charge is -2.09. The van der Waals surface area contributed by atoms with Crippen molar-refractivity contribution < 1.29 is 18.1 Å². The number of rotatable bonds is 1. The van der Waals surface area contributed by atoms with Gasteiger partial charge in [-0.15, -0.1) is 0 Å². The number of fused-ring (bicyclic) bond motifs is 1. The lowest BCUT2D eigenvalue weighted by atomic mass is 10.1. The molecule has 2 aromatic carbocycles. The van der Waals surface area contributed by atoms with E-state index in [0.29, 0.717) is 0 Å². The lowest BCUT2D eigenvalue weighted by Crippen LogP contribution is -2.00. The van der Waals surface area contributed by atoms with Crippen LogP contribution in [0, 0.1) is 0 Å². The fourth-order valence-corrected chi connectivity index (χ4v) is 2.16. The summed E-state index contributed by atoms with van der Waals surface area (Å²) in [6.45, 7) is 0. The van der Waals surface area contributed by atoms with E-state index in [9.17, 15) is 13.5 Å². The largest absolute Gasteiger partial charge is 0.507 e. The molecule has 0 heterocycles. The van der Waals surface area contributed by atoms with E-state index in [0.717, 1.165) is 12.1 Å². The van der Waals surface area contributed by atoms with Crippen molar-refractivity contribution in [2.75, 3.05) is 11.5 Å². The Bertz CT molecular complexity index is 710. The Balaban J connectivity index is 2.97. The molecular weight excluding hydrogens is 244 g/mol. The monoisotopic (exact) mass is 254 g/mol. The highest BCUT2D eigenvalue weighted by Crippen LogP contribution is 2.35. The molecule has 90 valence electrons. The van der Waals surface area contributed by atoms with Crippen molar-refractivity contribution >= 4 is 32.3 Å². The second-order valence-corrected chi connectivity index (χ2v) is 5.01. The van der Waals surface area contributed by atoms with E-state index in [1.54, 1.807) is 0 Å². The molecule has 0 radical (unpaired) electrons. The topological polar surface area (TPSA) is 127 Å². The van der Waals surface area contributed by atoms with Gasteiger partial charge in [-0.25, -0.2) is 0 Å². The molecule has 0 atom stereocenters. The predicted octanol–water partition coefficient (Wildman–Crippen LogP) is 0.957. The summed E-state index contributed by atoms with van der Waals surface area (Å²) in [6, 6.07) is 5.08. The van der Waals surface area contributed by atoms with E-state index >= 15 is 0 Å². The predicted molar refractivity (Wildman–Crippen MR) is 64.3 cm³/mol. The fraction of sp³-hybridized carbons (Fsp3) is 0. The second kappa shape index (κ2) is 3.51. The highest BCUT2D eigenvalue weighted by atomic mass is 32.2. The number of aromatic hydroxyl groups is 1. The van der Waals surface area contributed by atoms with Gasteiger partial charge in [-0.05, 0) is 18.2 Å². The first-order valence-corrected chi connectivity index (χ1v) is 6.03. The summed E-state index contributed by atoms with van der Waals surface area (Å²) >= 11 is 0. The number of benzene rings is 2. The molecule has 6 nitrogen and oxygen atoms in total. The van der Waals surface area contributed by atoms with Gasteiger partial charge < -0.3 is 16.6 Å². The molecule has 0 unspecified atom stereocenters. The van der Waals surface area contributed by atoms with Crippen LogP contribution in [0.5, 0.6) is 5.75 Å². The third kappa shape index (κ3) is 1.85. The van der Waals surface area contributed by atoms with Crippen LogP contribution in [0.4, 0.5) is 11.4 Å². The van der Waals surface area contributed by atoms with E-state index in [-0.39, 0.29) is 27.9 Å². The molecule has 0 aromatic heterocycles. The minimum Gasteiger partial charge on any atom is -0.507 e.